The molecule has 0 spiro atoms. The summed E-state index contributed by atoms with van der Waals surface area (Å²) in [6, 6.07) is 7.50. The maximum atomic E-state index is 11.9. The van der Waals surface area contributed by atoms with E-state index in [4.69, 9.17) is 9.57 Å². The summed E-state index contributed by atoms with van der Waals surface area (Å²) in [6.07, 6.45) is 1.27. The summed E-state index contributed by atoms with van der Waals surface area (Å²) < 4.78 is 4.96. The summed E-state index contributed by atoms with van der Waals surface area (Å²) in [7, 11) is 0. The lowest BCUT2D eigenvalue weighted by atomic mass is 10.2. The first-order chi connectivity index (χ1) is 13.0. The molecule has 1 saturated heterocycles. The predicted octanol–water partition coefficient (Wildman–Crippen LogP) is 3.34. The molecule has 2 aromatic rings. The molecule has 0 radical (unpaired) electrons. The number of esters is 1. The molecule has 140 valence electrons. The van der Waals surface area contributed by atoms with Gasteiger partial charge in [0.1, 0.15) is 4.88 Å². The fourth-order valence-corrected chi connectivity index (χ4v) is 3.01. The molecule has 0 amide bonds. The van der Waals surface area contributed by atoms with Crippen LogP contribution in [0.25, 0.3) is 0 Å². The molecule has 27 heavy (non-hydrogen) atoms. The van der Waals surface area contributed by atoms with Gasteiger partial charge in [-0.15, -0.1) is 5.11 Å². The van der Waals surface area contributed by atoms with Gasteiger partial charge < -0.3 is 9.57 Å². The Labute approximate surface area is 159 Å². The van der Waals surface area contributed by atoms with E-state index in [1.165, 1.54) is 11.2 Å². The largest absolute Gasteiger partial charge is 0.462 e. The number of nitrogens with zero attached hydrogens (tertiary/aromatic N) is 4. The number of aromatic nitrogens is 1. The number of benzene rings is 1. The van der Waals surface area contributed by atoms with Crippen LogP contribution in [0.2, 0.25) is 0 Å². The highest BCUT2D eigenvalue weighted by Gasteiger charge is 2.29. The Balaban J connectivity index is 1.79. The predicted molar refractivity (Wildman–Crippen MR) is 98.3 cm³/mol. The molecule has 1 aromatic carbocycles. The van der Waals surface area contributed by atoms with Crippen molar-refractivity contribution in [2.45, 2.75) is 20.8 Å². The number of aryl methyl sites for hydroxylation is 2. The summed E-state index contributed by atoms with van der Waals surface area (Å²) >= 11 is 1.07. The van der Waals surface area contributed by atoms with Gasteiger partial charge in [-0.05, 0) is 32.9 Å². The van der Waals surface area contributed by atoms with Crippen LogP contribution in [0.3, 0.4) is 0 Å². The molecule has 2 heterocycles. The third-order valence-electron chi connectivity index (χ3n) is 3.54. The number of anilines is 1. The molecule has 9 nitrogen and oxygen atoms in total. The lowest BCUT2D eigenvalue weighted by Gasteiger charge is -2.14. The highest BCUT2D eigenvalue weighted by atomic mass is 32.1. The van der Waals surface area contributed by atoms with Crippen LogP contribution < -0.4 is 10.6 Å². The van der Waals surface area contributed by atoms with Crippen LogP contribution in [0.1, 0.15) is 27.9 Å². The molecule has 0 aliphatic carbocycles. The summed E-state index contributed by atoms with van der Waals surface area (Å²) in [5, 5.41) is 9.60. The third kappa shape index (κ3) is 4.18. The Morgan fingerprint density at radius 3 is 2.81 bits per heavy atom. The molecule has 10 heteroatoms. The molecule has 3 rings (SSSR count). The molecular formula is C17H17N5O4S. The van der Waals surface area contributed by atoms with Gasteiger partial charge in [-0.1, -0.05) is 34.6 Å². The van der Waals surface area contributed by atoms with Gasteiger partial charge >= 0.3 is 11.9 Å². The number of carbonyl (C=O) groups excluding carboxylic acids is 2. The molecule has 1 fully saturated rings. The quantitative estimate of drug-likeness (QED) is 0.476. The molecule has 1 aliphatic rings. The van der Waals surface area contributed by atoms with Crippen molar-refractivity contribution in [3.63, 3.8) is 0 Å². The van der Waals surface area contributed by atoms with Crippen molar-refractivity contribution in [1.29, 1.82) is 0 Å². The lowest BCUT2D eigenvalue weighted by Crippen LogP contribution is -2.28. The van der Waals surface area contributed by atoms with E-state index in [0.29, 0.717) is 16.3 Å². The number of ether oxygens (including phenoxy) is 1. The SMILES string of the molecule is CCOC(=O)c1sc(N=NC=C2C(=O)ONN2c2ccc(C)cc2)nc1C. The Morgan fingerprint density at radius 1 is 1.37 bits per heavy atom. The van der Waals surface area contributed by atoms with Crippen molar-refractivity contribution in [2.75, 3.05) is 11.6 Å². The van der Waals surface area contributed by atoms with Gasteiger partial charge in [0, 0.05) is 0 Å². The Bertz CT molecular complexity index is 920. The van der Waals surface area contributed by atoms with E-state index < -0.39 is 11.9 Å². The number of thiazole rings is 1. The van der Waals surface area contributed by atoms with Gasteiger partial charge in [-0.2, -0.15) is 5.11 Å². The molecule has 0 bridgehead atoms. The molecule has 1 aromatic heterocycles. The number of hydrogen-bond donors (Lipinski definition) is 1. The minimum absolute atomic E-state index is 0.168. The van der Waals surface area contributed by atoms with E-state index in [9.17, 15) is 9.59 Å². The lowest BCUT2D eigenvalue weighted by molar-refractivity contribution is -0.140. The van der Waals surface area contributed by atoms with Crippen molar-refractivity contribution in [3.05, 3.63) is 52.3 Å². The molecular weight excluding hydrogens is 370 g/mol. The van der Waals surface area contributed by atoms with Crippen LogP contribution in [0.4, 0.5) is 10.8 Å². The van der Waals surface area contributed by atoms with Crippen molar-refractivity contribution in [3.8, 4) is 0 Å². The van der Waals surface area contributed by atoms with E-state index in [-0.39, 0.29) is 17.4 Å². The summed E-state index contributed by atoms with van der Waals surface area (Å²) in [5.74, 6) is -1.03. The fourth-order valence-electron chi connectivity index (χ4n) is 2.22. The smallest absolute Gasteiger partial charge is 0.378 e. The van der Waals surface area contributed by atoms with E-state index in [2.05, 4.69) is 20.8 Å². The van der Waals surface area contributed by atoms with Crippen LogP contribution in [-0.4, -0.2) is 23.5 Å². The topological polar surface area (TPSA) is 105 Å². The van der Waals surface area contributed by atoms with Crippen LogP contribution in [0.15, 0.2) is 46.4 Å². The number of hydrogen-bond acceptors (Lipinski definition) is 10. The number of rotatable bonds is 5. The van der Waals surface area contributed by atoms with E-state index in [1.54, 1.807) is 13.8 Å². The second-order valence-electron chi connectivity index (χ2n) is 5.51. The van der Waals surface area contributed by atoms with Crippen molar-refractivity contribution in [1.82, 2.24) is 10.6 Å². The minimum atomic E-state index is -0.586. The number of azo groups is 1. The summed E-state index contributed by atoms with van der Waals surface area (Å²) in [5.41, 5.74) is 5.01. The van der Waals surface area contributed by atoms with E-state index in [1.807, 2.05) is 31.2 Å². The average molecular weight is 387 g/mol. The van der Waals surface area contributed by atoms with Crippen molar-refractivity contribution in [2.24, 2.45) is 10.2 Å². The molecule has 1 aliphatic heterocycles. The maximum Gasteiger partial charge on any atom is 0.378 e. The molecule has 1 N–H and O–H groups in total. The van der Waals surface area contributed by atoms with Gasteiger partial charge in [0.15, 0.2) is 5.70 Å². The standard InChI is InChI=1S/C17H17N5O4S/c1-4-25-16(24)14-11(3)19-17(27-14)20-18-9-13-15(23)26-21-22(13)12-7-5-10(2)6-8-12/h5-9,21H,4H2,1-3H3. The van der Waals surface area contributed by atoms with Crippen LogP contribution in [-0.2, 0) is 14.4 Å². The minimum Gasteiger partial charge on any atom is -0.462 e. The average Bonchev–Trinajstić information content (AvgIpc) is 3.19. The van der Waals surface area contributed by atoms with Crippen LogP contribution in [0, 0.1) is 13.8 Å². The monoisotopic (exact) mass is 387 g/mol. The van der Waals surface area contributed by atoms with Crippen molar-refractivity contribution >= 4 is 34.1 Å². The first-order valence-corrected chi connectivity index (χ1v) is 8.90. The maximum absolute atomic E-state index is 11.9. The Kier molecular flexibility index (Phi) is 5.57. The Morgan fingerprint density at radius 2 is 2.11 bits per heavy atom. The normalized spacial score (nSPS) is 15.6. The van der Waals surface area contributed by atoms with E-state index >= 15 is 0 Å². The highest BCUT2D eigenvalue weighted by Crippen LogP contribution is 2.27. The molecule has 0 saturated carbocycles. The second kappa shape index (κ2) is 8.06. The Hall–Kier alpha value is -3.11. The van der Waals surface area contributed by atoms with Gasteiger partial charge in [0.25, 0.3) is 0 Å². The first kappa shape index (κ1) is 18.7. The second-order valence-corrected chi connectivity index (χ2v) is 6.49. The fraction of sp³-hybridized carbons (Fsp3) is 0.235. The third-order valence-corrected chi connectivity index (χ3v) is 4.56. The van der Waals surface area contributed by atoms with Gasteiger partial charge in [0.05, 0.1) is 24.2 Å². The number of nitrogens with one attached hydrogen (secondary N) is 1. The summed E-state index contributed by atoms with van der Waals surface area (Å²) in [4.78, 5) is 33.1. The number of carbonyl (C=O) groups is 2. The van der Waals surface area contributed by atoms with Gasteiger partial charge in [-0.25, -0.2) is 19.6 Å². The van der Waals surface area contributed by atoms with Crippen LogP contribution in [0.5, 0.6) is 0 Å². The van der Waals surface area contributed by atoms with E-state index in [0.717, 1.165) is 16.9 Å². The zero-order valence-electron chi connectivity index (χ0n) is 14.9. The van der Waals surface area contributed by atoms with Gasteiger partial charge in [-0.3, -0.25) is 0 Å². The van der Waals surface area contributed by atoms with Crippen molar-refractivity contribution < 1.29 is 19.2 Å². The zero-order chi connectivity index (χ0) is 19.4. The summed E-state index contributed by atoms with van der Waals surface area (Å²) in [6.45, 7) is 5.67. The van der Waals surface area contributed by atoms with Gasteiger partial charge in [0.2, 0.25) is 5.13 Å². The highest BCUT2D eigenvalue weighted by molar-refractivity contribution is 7.17. The zero-order valence-corrected chi connectivity index (χ0v) is 15.7. The van der Waals surface area contributed by atoms with Crippen LogP contribution >= 0.6 is 11.3 Å². The number of hydrazine groups is 1. The molecule has 0 unspecified atom stereocenters. The molecule has 0 atom stereocenters. The first-order valence-electron chi connectivity index (χ1n) is 8.08.